The third-order valence-electron chi connectivity index (χ3n) is 3.27. The summed E-state index contributed by atoms with van der Waals surface area (Å²) in [5.74, 6) is -2.46. The van der Waals surface area contributed by atoms with Crippen LogP contribution < -0.4 is 10.5 Å². The molecule has 2 rings (SSSR count). The third kappa shape index (κ3) is 4.78. The van der Waals surface area contributed by atoms with E-state index >= 15 is 0 Å². The summed E-state index contributed by atoms with van der Waals surface area (Å²) < 4.78 is 41.2. The Morgan fingerprint density at radius 3 is 2.50 bits per heavy atom. The number of carbonyl (C=O) groups is 2. The van der Waals surface area contributed by atoms with Gasteiger partial charge in [0.2, 0.25) is 10.0 Å². The number of primary sulfonamides is 1. The molecule has 0 spiro atoms. The summed E-state index contributed by atoms with van der Waals surface area (Å²) in [5.41, 5.74) is -0.349. The van der Waals surface area contributed by atoms with E-state index in [0.29, 0.717) is 0 Å². The average molecular weight is 401 g/mol. The van der Waals surface area contributed by atoms with Crippen LogP contribution in [0.1, 0.15) is 17.3 Å². The fraction of sp³-hybridized carbons (Fsp3) is 0.125. The van der Waals surface area contributed by atoms with E-state index in [9.17, 15) is 22.4 Å². The van der Waals surface area contributed by atoms with Gasteiger partial charge in [0.1, 0.15) is 5.82 Å². The molecule has 0 bridgehead atoms. The molecule has 26 heavy (non-hydrogen) atoms. The largest absolute Gasteiger partial charge is 0.449 e. The number of hydrogen-bond acceptors (Lipinski definition) is 5. The first-order chi connectivity index (χ1) is 12.1. The Bertz CT molecular complexity index is 965. The van der Waals surface area contributed by atoms with Crippen LogP contribution in [0.25, 0.3) is 0 Å². The molecule has 2 aromatic rings. The van der Waals surface area contributed by atoms with E-state index in [4.69, 9.17) is 21.5 Å². The second kappa shape index (κ2) is 7.81. The highest BCUT2D eigenvalue weighted by atomic mass is 35.5. The van der Waals surface area contributed by atoms with Crippen LogP contribution in [0.2, 0.25) is 5.02 Å². The number of nitrogens with two attached hydrogens (primary N) is 1. The predicted molar refractivity (Wildman–Crippen MR) is 92.7 cm³/mol. The van der Waals surface area contributed by atoms with Gasteiger partial charge in [-0.25, -0.2) is 22.7 Å². The number of ether oxygens (including phenoxy) is 1. The number of benzene rings is 2. The standard InChI is InChI=1S/C16H14ClFN2O5S/c1-9(15(21)20-14-5-3-2-4-13(14)18)25-16(22)11-8-10(26(19,23)24)6-7-12(11)17/h2-9H,1H3,(H,20,21)(H2,19,23,24). The van der Waals surface area contributed by atoms with Crippen molar-refractivity contribution in [1.29, 1.82) is 0 Å². The van der Waals surface area contributed by atoms with Crippen LogP contribution in [-0.2, 0) is 19.6 Å². The Morgan fingerprint density at radius 1 is 1.23 bits per heavy atom. The maximum Gasteiger partial charge on any atom is 0.340 e. The highest BCUT2D eigenvalue weighted by molar-refractivity contribution is 7.89. The Labute approximate surface area is 154 Å². The van der Waals surface area contributed by atoms with E-state index < -0.39 is 33.8 Å². The summed E-state index contributed by atoms with van der Waals surface area (Å²) in [6.45, 7) is 1.27. The fourth-order valence-electron chi connectivity index (χ4n) is 1.91. The Hall–Kier alpha value is -2.49. The summed E-state index contributed by atoms with van der Waals surface area (Å²) in [4.78, 5) is 23.9. The maximum atomic E-state index is 13.5. The number of carbonyl (C=O) groups excluding carboxylic acids is 2. The second-order valence-corrected chi connectivity index (χ2v) is 7.17. The van der Waals surface area contributed by atoms with Crippen molar-refractivity contribution in [2.45, 2.75) is 17.9 Å². The molecule has 7 nitrogen and oxygen atoms in total. The van der Waals surface area contributed by atoms with Gasteiger partial charge in [0, 0.05) is 0 Å². The number of sulfonamides is 1. The number of hydrogen-bond donors (Lipinski definition) is 2. The molecule has 10 heteroatoms. The van der Waals surface area contributed by atoms with E-state index in [2.05, 4.69) is 5.32 Å². The Morgan fingerprint density at radius 2 is 1.88 bits per heavy atom. The molecule has 1 amide bonds. The van der Waals surface area contributed by atoms with Gasteiger partial charge in [-0.15, -0.1) is 0 Å². The zero-order valence-electron chi connectivity index (χ0n) is 13.4. The molecule has 138 valence electrons. The molecule has 0 aliphatic carbocycles. The molecule has 1 atom stereocenters. The van der Waals surface area contributed by atoms with E-state index in [-0.39, 0.29) is 21.2 Å². The summed E-state index contributed by atoms with van der Waals surface area (Å²) >= 11 is 5.87. The number of rotatable bonds is 5. The van der Waals surface area contributed by atoms with Crippen molar-refractivity contribution in [2.75, 3.05) is 5.32 Å². The van der Waals surface area contributed by atoms with E-state index in [1.165, 1.54) is 31.2 Å². The van der Waals surface area contributed by atoms with E-state index in [0.717, 1.165) is 18.2 Å². The molecule has 0 heterocycles. The first-order valence-corrected chi connectivity index (χ1v) is 9.10. The minimum absolute atomic E-state index is 0.0744. The molecule has 0 aromatic heterocycles. The van der Waals surface area contributed by atoms with Gasteiger partial charge in [0.15, 0.2) is 6.10 Å². The number of anilines is 1. The zero-order valence-corrected chi connectivity index (χ0v) is 15.0. The maximum absolute atomic E-state index is 13.5. The van der Waals surface area contributed by atoms with Crippen molar-refractivity contribution in [3.8, 4) is 0 Å². The molecule has 2 aromatic carbocycles. The fourth-order valence-corrected chi connectivity index (χ4v) is 2.65. The minimum atomic E-state index is -4.05. The number of amides is 1. The lowest BCUT2D eigenvalue weighted by atomic mass is 10.2. The van der Waals surface area contributed by atoms with Gasteiger partial charge in [-0.2, -0.15) is 0 Å². The number of para-hydroxylation sites is 1. The van der Waals surface area contributed by atoms with E-state index in [1.54, 1.807) is 0 Å². The lowest BCUT2D eigenvalue weighted by molar-refractivity contribution is -0.123. The van der Waals surface area contributed by atoms with Crippen molar-refractivity contribution >= 4 is 39.2 Å². The Balaban J connectivity index is 2.14. The summed E-state index contributed by atoms with van der Waals surface area (Å²) in [6.07, 6.45) is -1.30. The molecule has 3 N–H and O–H groups in total. The minimum Gasteiger partial charge on any atom is -0.449 e. The molecule has 0 aliphatic heterocycles. The van der Waals surface area contributed by atoms with Crippen LogP contribution in [-0.4, -0.2) is 26.4 Å². The smallest absolute Gasteiger partial charge is 0.340 e. The monoisotopic (exact) mass is 400 g/mol. The second-order valence-electron chi connectivity index (χ2n) is 5.20. The predicted octanol–water partition coefficient (Wildman–Crippen LogP) is 2.31. The van der Waals surface area contributed by atoms with Crippen LogP contribution in [0.15, 0.2) is 47.4 Å². The lowest BCUT2D eigenvalue weighted by Gasteiger charge is -2.14. The van der Waals surface area contributed by atoms with Crippen LogP contribution >= 0.6 is 11.6 Å². The van der Waals surface area contributed by atoms with Gasteiger partial charge in [0.25, 0.3) is 5.91 Å². The van der Waals surface area contributed by atoms with Gasteiger partial charge in [-0.3, -0.25) is 4.79 Å². The van der Waals surface area contributed by atoms with Crippen molar-refractivity contribution in [3.63, 3.8) is 0 Å². The highest BCUT2D eigenvalue weighted by Gasteiger charge is 2.23. The molecule has 1 unspecified atom stereocenters. The quantitative estimate of drug-likeness (QED) is 0.747. The van der Waals surface area contributed by atoms with Gasteiger partial charge in [-0.1, -0.05) is 23.7 Å². The number of nitrogens with one attached hydrogen (secondary N) is 1. The first-order valence-electron chi connectivity index (χ1n) is 7.18. The van der Waals surface area contributed by atoms with Gasteiger partial charge < -0.3 is 10.1 Å². The summed E-state index contributed by atoms with van der Waals surface area (Å²) in [6, 6.07) is 8.72. The normalized spacial score (nSPS) is 12.3. The SMILES string of the molecule is CC(OC(=O)c1cc(S(N)(=O)=O)ccc1Cl)C(=O)Nc1ccccc1F. The average Bonchev–Trinajstić information content (AvgIpc) is 2.56. The zero-order chi connectivity index (χ0) is 19.5. The molecule has 0 aliphatic rings. The Kier molecular flexibility index (Phi) is 5.96. The van der Waals surface area contributed by atoms with Gasteiger partial charge >= 0.3 is 5.97 Å². The molecule has 0 saturated carbocycles. The van der Waals surface area contributed by atoms with Crippen LogP contribution in [0.4, 0.5) is 10.1 Å². The molecule has 0 fully saturated rings. The molecule has 0 saturated heterocycles. The van der Waals surface area contributed by atoms with E-state index in [1.807, 2.05) is 0 Å². The van der Waals surface area contributed by atoms with Crippen molar-refractivity contribution in [3.05, 3.63) is 58.9 Å². The topological polar surface area (TPSA) is 116 Å². The van der Waals surface area contributed by atoms with Crippen LogP contribution in [0, 0.1) is 5.82 Å². The van der Waals surface area contributed by atoms with Crippen LogP contribution in [0.3, 0.4) is 0 Å². The van der Waals surface area contributed by atoms with Crippen molar-refractivity contribution in [2.24, 2.45) is 5.14 Å². The van der Waals surface area contributed by atoms with Gasteiger partial charge in [0.05, 0.1) is 21.2 Å². The summed E-state index contributed by atoms with van der Waals surface area (Å²) in [5, 5.41) is 7.20. The highest BCUT2D eigenvalue weighted by Crippen LogP contribution is 2.21. The van der Waals surface area contributed by atoms with Crippen LogP contribution in [0.5, 0.6) is 0 Å². The summed E-state index contributed by atoms with van der Waals surface area (Å²) in [7, 11) is -4.05. The molecular weight excluding hydrogens is 387 g/mol. The van der Waals surface area contributed by atoms with Crippen molar-refractivity contribution < 1.29 is 27.1 Å². The molecule has 0 radical (unpaired) electrons. The molecular formula is C16H14ClFN2O5S. The third-order valence-corrected chi connectivity index (χ3v) is 4.51. The lowest BCUT2D eigenvalue weighted by Crippen LogP contribution is -2.30. The first kappa shape index (κ1) is 19.8. The number of halogens is 2. The number of esters is 1. The van der Waals surface area contributed by atoms with Gasteiger partial charge in [-0.05, 0) is 37.3 Å². The van der Waals surface area contributed by atoms with Crippen molar-refractivity contribution in [1.82, 2.24) is 0 Å².